The van der Waals surface area contributed by atoms with Crippen LogP contribution in [-0.4, -0.2) is 30.9 Å². The number of carbonyl (C=O) groups is 1. The largest absolute Gasteiger partial charge is 0.295 e. The van der Waals surface area contributed by atoms with Gasteiger partial charge in [0, 0.05) is 12.4 Å². The Kier molecular flexibility index (Phi) is 3.24. The summed E-state index contributed by atoms with van der Waals surface area (Å²) in [5.74, 6) is 0.205. The van der Waals surface area contributed by atoms with E-state index in [4.69, 9.17) is 0 Å². The van der Waals surface area contributed by atoms with Gasteiger partial charge in [0.15, 0.2) is 0 Å². The molecule has 0 atom stereocenters. The lowest BCUT2D eigenvalue weighted by atomic mass is 10.1. The summed E-state index contributed by atoms with van der Waals surface area (Å²) < 4.78 is 1.76. The lowest BCUT2D eigenvalue weighted by Gasteiger charge is -2.04. The smallest absolute Gasteiger partial charge is 0.231 e. The summed E-state index contributed by atoms with van der Waals surface area (Å²) in [6, 6.07) is 9.50. The van der Waals surface area contributed by atoms with Crippen molar-refractivity contribution in [2.45, 2.75) is 6.42 Å². The number of aromatic nitrogens is 5. The first-order chi connectivity index (χ1) is 9.81. The van der Waals surface area contributed by atoms with E-state index in [1.54, 1.807) is 10.9 Å². The highest BCUT2D eigenvalue weighted by Gasteiger charge is 2.06. The molecule has 2 N–H and O–H groups in total. The third-order valence-electron chi connectivity index (χ3n) is 2.74. The van der Waals surface area contributed by atoms with Crippen molar-refractivity contribution in [2.75, 3.05) is 5.32 Å². The summed E-state index contributed by atoms with van der Waals surface area (Å²) in [5.41, 5.74) is 1.87. The van der Waals surface area contributed by atoms with Gasteiger partial charge in [-0.15, -0.1) is 0 Å². The van der Waals surface area contributed by atoms with E-state index < -0.39 is 0 Å². The minimum Gasteiger partial charge on any atom is -0.295 e. The summed E-state index contributed by atoms with van der Waals surface area (Å²) in [5, 5.41) is 13.0. The Bertz CT molecular complexity index is 672. The number of H-pyrrole nitrogens is 1. The molecular formula is C13H12N6O. The van der Waals surface area contributed by atoms with Gasteiger partial charge >= 0.3 is 0 Å². The quantitative estimate of drug-likeness (QED) is 0.743. The minimum absolute atomic E-state index is 0.145. The molecule has 0 saturated carbocycles. The molecule has 0 fully saturated rings. The molecular weight excluding hydrogens is 256 g/mol. The van der Waals surface area contributed by atoms with E-state index in [9.17, 15) is 4.79 Å². The third kappa shape index (κ3) is 2.72. The summed E-state index contributed by atoms with van der Waals surface area (Å²) >= 11 is 0. The number of benzene rings is 1. The number of hydrogen-bond acceptors (Lipinski definition) is 4. The fourth-order valence-electron chi connectivity index (χ4n) is 1.82. The van der Waals surface area contributed by atoms with Crippen molar-refractivity contribution >= 4 is 11.9 Å². The normalized spacial score (nSPS) is 10.4. The molecule has 0 bridgehead atoms. The standard InChI is InChI=1S/C13H12N6O/c20-12(17-13-14-9-15-18-13)8-10-2-4-11(5-3-10)19-7-1-6-16-19/h1-7,9H,8H2,(H2,14,15,17,18,20). The van der Waals surface area contributed by atoms with Crippen LogP contribution in [0.15, 0.2) is 49.1 Å². The second-order valence-electron chi connectivity index (χ2n) is 4.18. The molecule has 1 aromatic carbocycles. The monoisotopic (exact) mass is 268 g/mol. The molecule has 0 aliphatic carbocycles. The zero-order valence-corrected chi connectivity index (χ0v) is 10.5. The third-order valence-corrected chi connectivity index (χ3v) is 2.74. The highest BCUT2D eigenvalue weighted by atomic mass is 16.1. The average Bonchev–Trinajstić information content (AvgIpc) is 3.12. The van der Waals surface area contributed by atoms with Gasteiger partial charge in [-0.3, -0.25) is 10.1 Å². The van der Waals surface area contributed by atoms with Gasteiger partial charge in [-0.05, 0) is 23.8 Å². The highest BCUT2D eigenvalue weighted by molar-refractivity contribution is 5.90. The van der Waals surface area contributed by atoms with Crippen LogP contribution in [-0.2, 0) is 11.2 Å². The topological polar surface area (TPSA) is 88.5 Å². The van der Waals surface area contributed by atoms with Gasteiger partial charge in [0.1, 0.15) is 6.33 Å². The number of hydrogen-bond donors (Lipinski definition) is 2. The first-order valence-corrected chi connectivity index (χ1v) is 6.05. The predicted octanol–water partition coefficient (Wildman–Crippen LogP) is 1.17. The molecule has 2 aromatic heterocycles. The fourth-order valence-corrected chi connectivity index (χ4v) is 1.82. The maximum Gasteiger partial charge on any atom is 0.231 e. The summed E-state index contributed by atoms with van der Waals surface area (Å²) in [6.45, 7) is 0. The van der Waals surface area contributed by atoms with E-state index in [0.717, 1.165) is 11.3 Å². The number of anilines is 1. The van der Waals surface area contributed by atoms with Gasteiger partial charge in [0.25, 0.3) is 0 Å². The average molecular weight is 268 g/mol. The Morgan fingerprint density at radius 1 is 1.30 bits per heavy atom. The number of rotatable bonds is 4. The van der Waals surface area contributed by atoms with Gasteiger partial charge < -0.3 is 0 Å². The van der Waals surface area contributed by atoms with Crippen molar-refractivity contribution < 1.29 is 4.79 Å². The van der Waals surface area contributed by atoms with Crippen molar-refractivity contribution in [1.29, 1.82) is 0 Å². The zero-order valence-electron chi connectivity index (χ0n) is 10.5. The van der Waals surface area contributed by atoms with E-state index in [2.05, 4.69) is 25.6 Å². The van der Waals surface area contributed by atoms with Crippen molar-refractivity contribution in [3.63, 3.8) is 0 Å². The molecule has 3 aromatic rings. The number of nitrogens with zero attached hydrogens (tertiary/aromatic N) is 4. The van der Waals surface area contributed by atoms with Crippen LogP contribution in [0.3, 0.4) is 0 Å². The Hall–Kier alpha value is -2.96. The summed E-state index contributed by atoms with van der Waals surface area (Å²) in [7, 11) is 0. The molecule has 0 aliphatic heterocycles. The van der Waals surface area contributed by atoms with Gasteiger partial charge in [-0.1, -0.05) is 12.1 Å². The van der Waals surface area contributed by atoms with Crippen LogP contribution in [0.25, 0.3) is 5.69 Å². The maximum absolute atomic E-state index is 11.8. The zero-order chi connectivity index (χ0) is 13.8. The fraction of sp³-hybridized carbons (Fsp3) is 0.0769. The second-order valence-corrected chi connectivity index (χ2v) is 4.18. The van der Waals surface area contributed by atoms with Gasteiger partial charge in [-0.2, -0.15) is 15.2 Å². The van der Waals surface area contributed by atoms with Crippen LogP contribution in [0.2, 0.25) is 0 Å². The number of carbonyl (C=O) groups excluding carboxylic acids is 1. The molecule has 0 radical (unpaired) electrons. The lowest BCUT2D eigenvalue weighted by Crippen LogP contribution is -2.15. The molecule has 7 heteroatoms. The second kappa shape index (κ2) is 5.35. The molecule has 0 saturated heterocycles. The summed E-state index contributed by atoms with van der Waals surface area (Å²) in [4.78, 5) is 15.6. The van der Waals surface area contributed by atoms with E-state index in [1.807, 2.05) is 36.5 Å². The Balaban J connectivity index is 1.65. The van der Waals surface area contributed by atoms with Gasteiger partial charge in [0.2, 0.25) is 11.9 Å². The molecule has 2 heterocycles. The SMILES string of the molecule is O=C(Cc1ccc(-n2cccn2)cc1)Nc1ncn[nH]1. The van der Waals surface area contributed by atoms with Crippen molar-refractivity contribution in [2.24, 2.45) is 0 Å². The Morgan fingerprint density at radius 2 is 2.15 bits per heavy atom. The number of nitrogens with one attached hydrogen (secondary N) is 2. The molecule has 100 valence electrons. The van der Waals surface area contributed by atoms with Crippen LogP contribution in [0, 0.1) is 0 Å². The molecule has 0 aliphatic rings. The maximum atomic E-state index is 11.8. The molecule has 3 rings (SSSR count). The van der Waals surface area contributed by atoms with Crippen LogP contribution in [0.5, 0.6) is 0 Å². The van der Waals surface area contributed by atoms with E-state index in [0.29, 0.717) is 5.95 Å². The summed E-state index contributed by atoms with van der Waals surface area (Å²) in [6.07, 6.45) is 5.21. The van der Waals surface area contributed by atoms with Crippen molar-refractivity contribution in [3.8, 4) is 5.69 Å². The minimum atomic E-state index is -0.145. The number of amides is 1. The highest BCUT2D eigenvalue weighted by Crippen LogP contribution is 2.09. The van der Waals surface area contributed by atoms with E-state index in [1.165, 1.54) is 6.33 Å². The first kappa shape index (κ1) is 12.1. The first-order valence-electron chi connectivity index (χ1n) is 6.05. The lowest BCUT2D eigenvalue weighted by molar-refractivity contribution is -0.115. The van der Waals surface area contributed by atoms with Crippen LogP contribution in [0.4, 0.5) is 5.95 Å². The van der Waals surface area contributed by atoms with Crippen LogP contribution in [0.1, 0.15) is 5.56 Å². The van der Waals surface area contributed by atoms with E-state index in [-0.39, 0.29) is 12.3 Å². The molecule has 0 unspecified atom stereocenters. The van der Waals surface area contributed by atoms with Crippen LogP contribution >= 0.6 is 0 Å². The van der Waals surface area contributed by atoms with Crippen molar-refractivity contribution in [3.05, 3.63) is 54.6 Å². The molecule has 20 heavy (non-hydrogen) atoms. The van der Waals surface area contributed by atoms with Crippen LogP contribution < -0.4 is 5.32 Å². The molecule has 7 nitrogen and oxygen atoms in total. The Labute approximate surface area is 114 Å². The number of aromatic amines is 1. The molecule has 0 spiro atoms. The van der Waals surface area contributed by atoms with E-state index >= 15 is 0 Å². The van der Waals surface area contributed by atoms with Gasteiger partial charge in [0.05, 0.1) is 12.1 Å². The molecule has 1 amide bonds. The Morgan fingerprint density at radius 3 is 2.80 bits per heavy atom. The predicted molar refractivity (Wildman–Crippen MR) is 72.3 cm³/mol. The van der Waals surface area contributed by atoms with Gasteiger partial charge in [-0.25, -0.2) is 9.78 Å². The van der Waals surface area contributed by atoms with Crippen molar-refractivity contribution in [1.82, 2.24) is 25.0 Å².